The molecule has 1 unspecified atom stereocenters. The lowest BCUT2D eigenvalue weighted by atomic mass is 10.1. The van der Waals surface area contributed by atoms with Gasteiger partial charge in [-0.25, -0.2) is 8.42 Å². The van der Waals surface area contributed by atoms with Crippen molar-refractivity contribution in [3.8, 4) is 0 Å². The third-order valence-electron chi connectivity index (χ3n) is 4.68. The van der Waals surface area contributed by atoms with Crippen LogP contribution in [0.25, 0.3) is 0 Å². The molecular weight excluding hydrogens is 398 g/mol. The fourth-order valence-electron chi connectivity index (χ4n) is 3.25. The summed E-state index contributed by atoms with van der Waals surface area (Å²) in [4.78, 5) is 25.3. The van der Waals surface area contributed by atoms with Crippen LogP contribution in [0.3, 0.4) is 0 Å². The van der Waals surface area contributed by atoms with Crippen LogP contribution in [0, 0.1) is 0 Å². The van der Waals surface area contributed by atoms with Crippen LogP contribution in [-0.2, 0) is 26.0 Å². The van der Waals surface area contributed by atoms with Gasteiger partial charge in [0, 0.05) is 23.7 Å². The molecule has 2 aliphatic rings. The Morgan fingerprint density at radius 3 is 2.79 bits per heavy atom. The Hall–Kier alpha value is -2.36. The van der Waals surface area contributed by atoms with Crippen LogP contribution in [0.1, 0.15) is 5.56 Å². The molecule has 0 aromatic heterocycles. The number of rotatable bonds is 4. The maximum atomic E-state index is 12.8. The number of hydrogen-bond acceptors (Lipinski definition) is 5. The average molecular weight is 418 g/mol. The lowest BCUT2D eigenvalue weighted by Crippen LogP contribution is -2.49. The number of nitrogens with zero attached hydrogens (tertiary/aromatic N) is 1. The number of thioether (sulfide) groups is 1. The van der Waals surface area contributed by atoms with Crippen molar-refractivity contribution in [3.63, 3.8) is 0 Å². The number of carbonyl (C=O) groups is 2. The summed E-state index contributed by atoms with van der Waals surface area (Å²) in [6.07, 6.45) is 0.646. The van der Waals surface area contributed by atoms with Crippen molar-refractivity contribution in [2.75, 3.05) is 25.0 Å². The number of sulfonamides is 1. The molecule has 4 rings (SSSR count). The number of amides is 2. The van der Waals surface area contributed by atoms with E-state index in [-0.39, 0.29) is 41.6 Å². The summed E-state index contributed by atoms with van der Waals surface area (Å²) in [6, 6.07) is 14.1. The Morgan fingerprint density at radius 2 is 2.00 bits per heavy atom. The van der Waals surface area contributed by atoms with Crippen LogP contribution in [0.4, 0.5) is 5.69 Å². The Balaban J connectivity index is 1.48. The fourth-order valence-corrected chi connectivity index (χ4v) is 5.89. The van der Waals surface area contributed by atoms with Crippen molar-refractivity contribution in [1.29, 1.82) is 0 Å². The normalized spacial score (nSPS) is 19.7. The number of nitrogens with one attached hydrogen (secondary N) is 2. The van der Waals surface area contributed by atoms with Gasteiger partial charge in [0.15, 0.2) is 0 Å². The summed E-state index contributed by atoms with van der Waals surface area (Å²) in [5.74, 6) is -0.481. The molecule has 2 N–H and O–H groups in total. The lowest BCUT2D eigenvalue weighted by Gasteiger charge is -2.26. The summed E-state index contributed by atoms with van der Waals surface area (Å²) < 4.78 is 26.8. The second-order valence-corrected chi connectivity index (χ2v) is 9.81. The predicted molar refractivity (Wildman–Crippen MR) is 107 cm³/mol. The van der Waals surface area contributed by atoms with Crippen LogP contribution in [0.15, 0.2) is 58.3 Å². The Labute approximate surface area is 167 Å². The molecule has 2 heterocycles. The largest absolute Gasteiger partial charge is 0.354 e. The fraction of sp³-hybridized carbons (Fsp3) is 0.263. The van der Waals surface area contributed by atoms with E-state index in [0.29, 0.717) is 12.1 Å². The molecular formula is C19H19N3O4S2. The minimum Gasteiger partial charge on any atom is -0.354 e. The standard InChI is InChI=1S/C19H19N3O4S2/c23-18-12-22(9-8-20-18)28(25,26)15-6-3-5-14(11-15)21-19(24)17-10-13-4-1-2-7-16(13)27-17/h1-7,11,17H,8-10,12H2,(H,20,23)(H,21,24). The summed E-state index contributed by atoms with van der Waals surface area (Å²) in [5.41, 5.74) is 1.57. The number of benzene rings is 2. The summed E-state index contributed by atoms with van der Waals surface area (Å²) in [6.45, 7) is 0.311. The molecule has 2 amide bonds. The van der Waals surface area contributed by atoms with Gasteiger partial charge in [-0.15, -0.1) is 11.8 Å². The maximum absolute atomic E-state index is 12.8. The third-order valence-corrected chi connectivity index (χ3v) is 7.84. The molecule has 9 heteroatoms. The molecule has 2 aromatic carbocycles. The number of piperazine rings is 1. The highest BCUT2D eigenvalue weighted by atomic mass is 32.2. The minimum absolute atomic E-state index is 0.0577. The topological polar surface area (TPSA) is 95.6 Å². The van der Waals surface area contributed by atoms with E-state index < -0.39 is 10.0 Å². The van der Waals surface area contributed by atoms with Gasteiger partial charge in [0.1, 0.15) is 0 Å². The molecule has 2 aromatic rings. The number of anilines is 1. The van der Waals surface area contributed by atoms with Crippen molar-refractivity contribution < 1.29 is 18.0 Å². The van der Waals surface area contributed by atoms with Crippen molar-refractivity contribution in [1.82, 2.24) is 9.62 Å². The second-order valence-electron chi connectivity index (χ2n) is 6.62. The van der Waals surface area contributed by atoms with Crippen LogP contribution in [0.5, 0.6) is 0 Å². The van der Waals surface area contributed by atoms with Crippen molar-refractivity contribution in [3.05, 3.63) is 54.1 Å². The number of fused-ring (bicyclic) bond motifs is 1. The Kier molecular flexibility index (Phi) is 5.13. The minimum atomic E-state index is -3.80. The zero-order valence-corrected chi connectivity index (χ0v) is 16.6. The molecule has 1 fully saturated rings. The van der Waals surface area contributed by atoms with E-state index in [9.17, 15) is 18.0 Å². The van der Waals surface area contributed by atoms with Gasteiger partial charge in [-0.2, -0.15) is 4.31 Å². The number of hydrogen-bond donors (Lipinski definition) is 2. The first-order valence-electron chi connectivity index (χ1n) is 8.86. The zero-order valence-electron chi connectivity index (χ0n) is 14.9. The first-order valence-corrected chi connectivity index (χ1v) is 11.2. The van der Waals surface area contributed by atoms with Crippen LogP contribution < -0.4 is 10.6 Å². The van der Waals surface area contributed by atoms with Crippen molar-refractivity contribution in [2.24, 2.45) is 0 Å². The van der Waals surface area contributed by atoms with E-state index in [1.54, 1.807) is 12.1 Å². The summed E-state index contributed by atoms with van der Waals surface area (Å²) in [7, 11) is -3.80. The Morgan fingerprint density at radius 1 is 1.18 bits per heavy atom. The van der Waals surface area contributed by atoms with Gasteiger partial charge in [-0.1, -0.05) is 24.3 Å². The summed E-state index contributed by atoms with van der Waals surface area (Å²) >= 11 is 1.51. The monoisotopic (exact) mass is 417 g/mol. The van der Waals surface area contributed by atoms with Crippen molar-refractivity contribution in [2.45, 2.75) is 21.5 Å². The maximum Gasteiger partial charge on any atom is 0.243 e. The van der Waals surface area contributed by atoms with Crippen LogP contribution in [0.2, 0.25) is 0 Å². The predicted octanol–water partition coefficient (Wildman–Crippen LogP) is 1.46. The highest BCUT2D eigenvalue weighted by Crippen LogP contribution is 2.37. The molecule has 1 atom stereocenters. The summed E-state index contributed by atoms with van der Waals surface area (Å²) in [5, 5.41) is 5.18. The smallest absolute Gasteiger partial charge is 0.243 e. The van der Waals surface area contributed by atoms with E-state index in [2.05, 4.69) is 10.6 Å². The van der Waals surface area contributed by atoms with Crippen LogP contribution in [-0.4, -0.2) is 49.4 Å². The van der Waals surface area contributed by atoms with E-state index >= 15 is 0 Å². The molecule has 0 bridgehead atoms. The molecule has 0 radical (unpaired) electrons. The third kappa shape index (κ3) is 3.78. The highest BCUT2D eigenvalue weighted by molar-refractivity contribution is 8.01. The van der Waals surface area contributed by atoms with Crippen molar-refractivity contribution >= 4 is 39.3 Å². The molecule has 7 nitrogen and oxygen atoms in total. The van der Waals surface area contributed by atoms with Crippen LogP contribution >= 0.6 is 11.8 Å². The zero-order chi connectivity index (χ0) is 19.7. The second kappa shape index (κ2) is 7.57. The molecule has 0 saturated carbocycles. The van der Waals surface area contributed by atoms with E-state index in [1.807, 2.05) is 24.3 Å². The molecule has 0 aliphatic carbocycles. The highest BCUT2D eigenvalue weighted by Gasteiger charge is 2.30. The molecule has 28 heavy (non-hydrogen) atoms. The Bertz CT molecular complexity index is 1010. The molecule has 1 saturated heterocycles. The average Bonchev–Trinajstić information content (AvgIpc) is 3.13. The van der Waals surface area contributed by atoms with Gasteiger partial charge in [0.2, 0.25) is 21.8 Å². The van der Waals surface area contributed by atoms with Gasteiger partial charge < -0.3 is 10.6 Å². The van der Waals surface area contributed by atoms with Gasteiger partial charge in [0.05, 0.1) is 16.7 Å². The van der Waals surface area contributed by atoms with Gasteiger partial charge in [0.25, 0.3) is 0 Å². The van der Waals surface area contributed by atoms with E-state index in [4.69, 9.17) is 0 Å². The molecule has 2 aliphatic heterocycles. The van der Waals surface area contributed by atoms with Gasteiger partial charge >= 0.3 is 0 Å². The van der Waals surface area contributed by atoms with Gasteiger partial charge in [-0.05, 0) is 36.2 Å². The SMILES string of the molecule is O=C1CN(S(=O)(=O)c2cccc(NC(=O)C3Cc4ccccc4S3)c2)CCN1. The van der Waals surface area contributed by atoms with Gasteiger partial charge in [-0.3, -0.25) is 9.59 Å². The number of carbonyl (C=O) groups excluding carboxylic acids is 2. The van der Waals surface area contributed by atoms with E-state index in [0.717, 1.165) is 14.8 Å². The van der Waals surface area contributed by atoms with E-state index in [1.165, 1.54) is 23.9 Å². The molecule has 146 valence electrons. The first-order chi connectivity index (χ1) is 13.4. The quantitative estimate of drug-likeness (QED) is 0.785. The first kappa shape index (κ1) is 19.0. The lowest BCUT2D eigenvalue weighted by molar-refractivity contribution is -0.122. The molecule has 0 spiro atoms.